The molecule has 7 N–H and O–H groups in total. The predicted molar refractivity (Wildman–Crippen MR) is 92.8 cm³/mol. The normalized spacial score (nSPS) is 15.4. The summed E-state index contributed by atoms with van der Waals surface area (Å²) >= 11 is 1.47. The maximum atomic E-state index is 12.3. The lowest BCUT2D eigenvalue weighted by Gasteiger charge is -2.22. The van der Waals surface area contributed by atoms with Gasteiger partial charge in [-0.15, -0.1) is 0 Å². The molecule has 0 aromatic carbocycles. The van der Waals surface area contributed by atoms with Crippen molar-refractivity contribution in [2.45, 2.75) is 44.4 Å². The molecule has 0 aliphatic rings. The van der Waals surface area contributed by atoms with E-state index in [1.54, 1.807) is 0 Å². The Morgan fingerprint density at radius 1 is 1.00 bits per heavy atom. The van der Waals surface area contributed by atoms with Crippen molar-refractivity contribution in [3.63, 3.8) is 0 Å². The second-order valence-corrected chi connectivity index (χ2v) is 6.42. The summed E-state index contributed by atoms with van der Waals surface area (Å²) in [5.74, 6) is -2.57. The van der Waals surface area contributed by atoms with E-state index in [1.165, 1.54) is 25.6 Å². The lowest BCUT2D eigenvalue weighted by Crippen LogP contribution is -2.56. The lowest BCUT2D eigenvalue weighted by atomic mass is 10.1. The van der Waals surface area contributed by atoms with Gasteiger partial charge in [0.2, 0.25) is 17.7 Å². The number of carboxylic acids is 1. The number of thioether (sulfide) groups is 1. The molecule has 3 amide bonds. The summed E-state index contributed by atoms with van der Waals surface area (Å²) in [5, 5.41) is 24.7. The van der Waals surface area contributed by atoms with Gasteiger partial charge in [0.15, 0.2) is 0 Å². The minimum Gasteiger partial charge on any atom is -0.480 e. The zero-order chi connectivity index (χ0) is 19.6. The van der Waals surface area contributed by atoms with Crippen molar-refractivity contribution in [3.8, 4) is 0 Å². The zero-order valence-electron chi connectivity index (χ0n) is 14.4. The molecule has 0 aromatic rings. The van der Waals surface area contributed by atoms with Gasteiger partial charge < -0.3 is 31.9 Å². The molecule has 11 heteroatoms. The number of nitrogens with two attached hydrogens (primary N) is 1. The Bertz CT molecular complexity index is 490. The van der Waals surface area contributed by atoms with Crippen LogP contribution in [-0.4, -0.2) is 76.7 Å². The topological polar surface area (TPSA) is 171 Å². The third-order valence-corrected chi connectivity index (χ3v) is 3.90. The van der Waals surface area contributed by atoms with E-state index >= 15 is 0 Å². The molecule has 0 rings (SSSR count). The maximum absolute atomic E-state index is 12.3. The first-order valence-corrected chi connectivity index (χ1v) is 9.02. The largest absolute Gasteiger partial charge is 0.480 e. The molecule has 0 aliphatic carbocycles. The number of hydrogen-bond acceptors (Lipinski definition) is 7. The van der Waals surface area contributed by atoms with Gasteiger partial charge in [-0.25, -0.2) is 0 Å². The van der Waals surface area contributed by atoms with Crippen LogP contribution < -0.4 is 21.7 Å². The van der Waals surface area contributed by atoms with E-state index in [9.17, 15) is 19.2 Å². The Balaban J connectivity index is 4.80. The van der Waals surface area contributed by atoms with E-state index in [0.29, 0.717) is 12.2 Å². The summed E-state index contributed by atoms with van der Waals surface area (Å²) in [6.45, 7) is 2.13. The molecule has 144 valence electrons. The number of carbonyl (C=O) groups excluding carboxylic acids is 3. The summed E-state index contributed by atoms with van der Waals surface area (Å²) in [6, 6.07) is -4.16. The van der Waals surface area contributed by atoms with Crippen molar-refractivity contribution in [2.24, 2.45) is 5.73 Å². The summed E-state index contributed by atoms with van der Waals surface area (Å²) in [4.78, 5) is 46.7. The molecule has 0 aromatic heterocycles. The summed E-state index contributed by atoms with van der Waals surface area (Å²) in [5.41, 5.74) is 5.41. The minimum absolute atomic E-state index is 0.302. The van der Waals surface area contributed by atoms with Gasteiger partial charge >= 0.3 is 5.97 Å². The quantitative estimate of drug-likeness (QED) is 0.232. The molecule has 0 radical (unpaired) electrons. The molecule has 25 heavy (non-hydrogen) atoms. The van der Waals surface area contributed by atoms with Crippen LogP contribution in [0.5, 0.6) is 0 Å². The van der Waals surface area contributed by atoms with E-state index in [1.807, 2.05) is 6.26 Å². The number of carbonyl (C=O) groups is 4. The van der Waals surface area contributed by atoms with Gasteiger partial charge in [0.1, 0.15) is 24.2 Å². The number of hydrogen-bond donors (Lipinski definition) is 6. The number of amides is 3. The van der Waals surface area contributed by atoms with Crippen LogP contribution in [0.4, 0.5) is 0 Å². The molecule has 0 bridgehead atoms. The molecule has 4 unspecified atom stereocenters. The molecular formula is C14H26N4O6S. The predicted octanol–water partition coefficient (Wildman–Crippen LogP) is -2.36. The fraction of sp³-hybridized carbons (Fsp3) is 0.714. The number of aliphatic hydroxyl groups is 1. The molecule has 10 nitrogen and oxygen atoms in total. The van der Waals surface area contributed by atoms with E-state index in [-0.39, 0.29) is 0 Å². The highest BCUT2D eigenvalue weighted by Gasteiger charge is 2.26. The molecule has 0 saturated carbocycles. The molecule has 0 fully saturated rings. The van der Waals surface area contributed by atoms with Crippen LogP contribution in [0.15, 0.2) is 0 Å². The van der Waals surface area contributed by atoms with Gasteiger partial charge in [-0.1, -0.05) is 0 Å². The van der Waals surface area contributed by atoms with Gasteiger partial charge in [0, 0.05) is 0 Å². The maximum Gasteiger partial charge on any atom is 0.325 e. The van der Waals surface area contributed by atoms with Crippen LogP contribution in [0.2, 0.25) is 0 Å². The highest BCUT2D eigenvalue weighted by molar-refractivity contribution is 7.98. The van der Waals surface area contributed by atoms with Gasteiger partial charge in [0.05, 0.1) is 6.61 Å². The van der Waals surface area contributed by atoms with Crippen LogP contribution >= 0.6 is 11.8 Å². The Kier molecular flexibility index (Phi) is 10.8. The third kappa shape index (κ3) is 8.70. The Labute approximate surface area is 150 Å². The molecule has 0 saturated heterocycles. The molecular weight excluding hydrogens is 352 g/mol. The SMILES string of the molecule is CSCCC(NC(=O)C(N)CO)C(=O)NC(C)C(=O)NC(C)C(=O)O. The first-order valence-electron chi connectivity index (χ1n) is 7.63. The van der Waals surface area contributed by atoms with Crippen LogP contribution in [-0.2, 0) is 19.2 Å². The summed E-state index contributed by atoms with van der Waals surface area (Å²) in [7, 11) is 0. The number of rotatable bonds is 11. The van der Waals surface area contributed by atoms with E-state index in [0.717, 1.165) is 0 Å². The van der Waals surface area contributed by atoms with Crippen molar-refractivity contribution < 1.29 is 29.4 Å². The minimum atomic E-state index is -1.20. The summed E-state index contributed by atoms with van der Waals surface area (Å²) in [6.07, 6.45) is 2.14. The number of carboxylic acid groups (broad SMARTS) is 1. The smallest absolute Gasteiger partial charge is 0.325 e. The highest BCUT2D eigenvalue weighted by Crippen LogP contribution is 2.02. The Morgan fingerprint density at radius 2 is 1.56 bits per heavy atom. The summed E-state index contributed by atoms with van der Waals surface area (Å²) < 4.78 is 0. The fourth-order valence-electron chi connectivity index (χ4n) is 1.65. The second kappa shape index (κ2) is 11.7. The van der Waals surface area contributed by atoms with Crippen LogP contribution in [0.25, 0.3) is 0 Å². The van der Waals surface area contributed by atoms with Gasteiger partial charge in [-0.2, -0.15) is 11.8 Å². The lowest BCUT2D eigenvalue weighted by molar-refractivity contribution is -0.141. The van der Waals surface area contributed by atoms with E-state index in [4.69, 9.17) is 15.9 Å². The van der Waals surface area contributed by atoms with E-state index in [2.05, 4.69) is 16.0 Å². The van der Waals surface area contributed by atoms with Crippen LogP contribution in [0.3, 0.4) is 0 Å². The Hall–Kier alpha value is -1.85. The van der Waals surface area contributed by atoms with Crippen LogP contribution in [0.1, 0.15) is 20.3 Å². The van der Waals surface area contributed by atoms with Gasteiger partial charge in [-0.05, 0) is 32.3 Å². The Morgan fingerprint density at radius 3 is 2.04 bits per heavy atom. The third-order valence-electron chi connectivity index (χ3n) is 3.26. The average molecular weight is 378 g/mol. The number of aliphatic carboxylic acids is 1. The van der Waals surface area contributed by atoms with Crippen molar-refractivity contribution in [1.29, 1.82) is 0 Å². The molecule has 0 heterocycles. The zero-order valence-corrected chi connectivity index (χ0v) is 15.3. The van der Waals surface area contributed by atoms with Crippen molar-refractivity contribution in [3.05, 3.63) is 0 Å². The highest BCUT2D eigenvalue weighted by atomic mass is 32.2. The number of aliphatic hydroxyl groups excluding tert-OH is 1. The standard InChI is InChI=1S/C14H26N4O6S/c1-7(11(20)17-8(2)14(23)24)16-13(22)10(4-5-25-3)18-12(21)9(15)6-19/h7-10,19H,4-6,15H2,1-3H3,(H,16,22)(H,17,20)(H,18,21)(H,23,24). The van der Waals surface area contributed by atoms with Crippen LogP contribution in [0, 0.1) is 0 Å². The first-order chi connectivity index (χ1) is 11.6. The average Bonchev–Trinajstić information content (AvgIpc) is 2.56. The molecule has 4 atom stereocenters. The van der Waals surface area contributed by atoms with Crippen molar-refractivity contribution in [1.82, 2.24) is 16.0 Å². The van der Waals surface area contributed by atoms with E-state index < -0.39 is 54.5 Å². The van der Waals surface area contributed by atoms with Gasteiger partial charge in [-0.3, -0.25) is 19.2 Å². The van der Waals surface area contributed by atoms with Crippen molar-refractivity contribution >= 4 is 35.5 Å². The fourth-order valence-corrected chi connectivity index (χ4v) is 2.12. The van der Waals surface area contributed by atoms with Crippen molar-refractivity contribution in [2.75, 3.05) is 18.6 Å². The molecule has 0 aliphatic heterocycles. The molecule has 0 spiro atoms. The monoisotopic (exact) mass is 378 g/mol. The second-order valence-electron chi connectivity index (χ2n) is 5.43. The number of nitrogens with one attached hydrogen (secondary N) is 3. The first kappa shape index (κ1) is 23.1. The van der Waals surface area contributed by atoms with Gasteiger partial charge in [0.25, 0.3) is 0 Å².